The van der Waals surface area contributed by atoms with Crippen LogP contribution in [-0.2, 0) is 6.61 Å². The van der Waals surface area contributed by atoms with Gasteiger partial charge in [0.2, 0.25) is 0 Å². The molecule has 2 aromatic carbocycles. The van der Waals surface area contributed by atoms with Gasteiger partial charge in [-0.05, 0) is 18.2 Å². The van der Waals surface area contributed by atoms with E-state index in [9.17, 15) is 5.11 Å². The fraction of sp³-hybridized carbons (Fsp3) is 0.143. The normalized spacial score (nSPS) is 10.2. The van der Waals surface area contributed by atoms with Crippen LogP contribution in [0.15, 0.2) is 42.5 Å². The van der Waals surface area contributed by atoms with Crippen molar-refractivity contribution in [2.45, 2.75) is 6.61 Å². The molecule has 18 heavy (non-hydrogen) atoms. The Morgan fingerprint density at radius 3 is 2.56 bits per heavy atom. The van der Waals surface area contributed by atoms with Crippen molar-refractivity contribution >= 4 is 11.6 Å². The summed E-state index contributed by atoms with van der Waals surface area (Å²) in [6.45, 7) is -0.125. The number of rotatable bonds is 4. The predicted molar refractivity (Wildman–Crippen MR) is 70.4 cm³/mol. The summed E-state index contributed by atoms with van der Waals surface area (Å²) >= 11 is 6.06. The lowest BCUT2D eigenvalue weighted by Gasteiger charge is -2.12. The van der Waals surface area contributed by atoms with Gasteiger partial charge in [-0.2, -0.15) is 0 Å². The second kappa shape index (κ2) is 5.76. The predicted octanol–water partition coefficient (Wildman–Crippen LogP) is 3.63. The zero-order valence-corrected chi connectivity index (χ0v) is 10.6. The lowest BCUT2D eigenvalue weighted by atomic mass is 10.2. The summed E-state index contributed by atoms with van der Waals surface area (Å²) in [7, 11) is 1.59. The van der Waals surface area contributed by atoms with Gasteiger partial charge in [0.05, 0.1) is 18.7 Å². The third-order valence-corrected chi connectivity index (χ3v) is 2.78. The second-order valence-electron chi connectivity index (χ2n) is 3.67. The van der Waals surface area contributed by atoms with Crippen molar-refractivity contribution in [3.63, 3.8) is 0 Å². The summed E-state index contributed by atoms with van der Waals surface area (Å²) in [6, 6.07) is 12.5. The van der Waals surface area contributed by atoms with E-state index in [1.165, 1.54) is 0 Å². The average Bonchev–Trinajstić information content (AvgIpc) is 2.41. The van der Waals surface area contributed by atoms with Gasteiger partial charge in [-0.3, -0.25) is 0 Å². The number of hydrogen-bond acceptors (Lipinski definition) is 3. The quantitative estimate of drug-likeness (QED) is 0.916. The summed E-state index contributed by atoms with van der Waals surface area (Å²) in [5.74, 6) is 1.78. The largest absolute Gasteiger partial charge is 0.497 e. The molecule has 0 radical (unpaired) electrons. The summed E-state index contributed by atoms with van der Waals surface area (Å²) in [4.78, 5) is 0. The van der Waals surface area contributed by atoms with Crippen molar-refractivity contribution in [3.05, 3.63) is 53.1 Å². The highest BCUT2D eigenvalue weighted by Crippen LogP contribution is 2.34. The molecule has 0 saturated carbocycles. The third kappa shape index (κ3) is 2.75. The van der Waals surface area contributed by atoms with E-state index in [0.717, 1.165) is 0 Å². The lowest BCUT2D eigenvalue weighted by molar-refractivity contribution is 0.276. The molecule has 0 fully saturated rings. The van der Waals surface area contributed by atoms with E-state index in [1.807, 2.05) is 12.1 Å². The Kier molecular flexibility index (Phi) is 4.07. The van der Waals surface area contributed by atoms with E-state index in [1.54, 1.807) is 37.4 Å². The Morgan fingerprint density at radius 2 is 1.83 bits per heavy atom. The fourth-order valence-electron chi connectivity index (χ4n) is 1.57. The maximum atomic E-state index is 9.26. The molecule has 0 saturated heterocycles. The van der Waals surface area contributed by atoms with Gasteiger partial charge >= 0.3 is 0 Å². The Hall–Kier alpha value is -1.71. The highest BCUT2D eigenvalue weighted by Gasteiger charge is 2.09. The van der Waals surface area contributed by atoms with Crippen LogP contribution in [0, 0.1) is 0 Å². The van der Waals surface area contributed by atoms with Crippen LogP contribution in [0.5, 0.6) is 17.2 Å². The minimum Gasteiger partial charge on any atom is -0.497 e. The van der Waals surface area contributed by atoms with Crippen LogP contribution >= 0.6 is 11.6 Å². The number of ether oxygens (including phenoxy) is 2. The van der Waals surface area contributed by atoms with Crippen LogP contribution < -0.4 is 9.47 Å². The molecule has 0 aliphatic heterocycles. The second-order valence-corrected chi connectivity index (χ2v) is 4.07. The molecular formula is C14H13ClO3. The van der Waals surface area contributed by atoms with E-state index >= 15 is 0 Å². The number of aliphatic hydroxyl groups is 1. The van der Waals surface area contributed by atoms with Gasteiger partial charge in [0.25, 0.3) is 0 Å². The first kappa shape index (κ1) is 12.7. The third-order valence-electron chi connectivity index (χ3n) is 2.48. The summed E-state index contributed by atoms with van der Waals surface area (Å²) in [6.07, 6.45) is 0. The molecule has 0 aliphatic rings. The van der Waals surface area contributed by atoms with Crippen LogP contribution in [0.3, 0.4) is 0 Å². The molecule has 3 nitrogen and oxygen atoms in total. The van der Waals surface area contributed by atoms with Crippen molar-refractivity contribution in [3.8, 4) is 17.2 Å². The maximum Gasteiger partial charge on any atom is 0.151 e. The molecule has 0 spiro atoms. The molecule has 2 aromatic rings. The topological polar surface area (TPSA) is 38.7 Å². The van der Waals surface area contributed by atoms with Crippen molar-refractivity contribution < 1.29 is 14.6 Å². The monoisotopic (exact) mass is 264 g/mol. The number of benzene rings is 2. The van der Waals surface area contributed by atoms with Gasteiger partial charge in [-0.1, -0.05) is 29.8 Å². The van der Waals surface area contributed by atoms with Gasteiger partial charge in [0.1, 0.15) is 11.5 Å². The number of hydrogen-bond donors (Lipinski definition) is 1. The molecular weight excluding hydrogens is 252 g/mol. The Balaban J connectivity index is 2.33. The Morgan fingerprint density at radius 1 is 1.11 bits per heavy atom. The standard InChI is InChI=1S/C14H13ClO3/c1-17-11-5-3-6-12(8-11)18-14-10(9-16)4-2-7-13(14)15/h2-8,16H,9H2,1H3. The van der Waals surface area contributed by atoms with Crippen molar-refractivity contribution in [1.82, 2.24) is 0 Å². The molecule has 0 amide bonds. The van der Waals surface area contributed by atoms with Crippen molar-refractivity contribution in [2.24, 2.45) is 0 Å². The fourth-order valence-corrected chi connectivity index (χ4v) is 1.81. The molecule has 0 aromatic heterocycles. The van der Waals surface area contributed by atoms with Crippen LogP contribution in [0.25, 0.3) is 0 Å². The first-order valence-electron chi connectivity index (χ1n) is 5.44. The summed E-state index contributed by atoms with van der Waals surface area (Å²) in [5, 5.41) is 9.72. The van der Waals surface area contributed by atoms with Gasteiger partial charge in [-0.25, -0.2) is 0 Å². The lowest BCUT2D eigenvalue weighted by Crippen LogP contribution is -1.93. The highest BCUT2D eigenvalue weighted by atomic mass is 35.5. The molecule has 0 unspecified atom stereocenters. The SMILES string of the molecule is COc1cccc(Oc2c(Cl)cccc2CO)c1. The molecule has 1 N–H and O–H groups in total. The van der Waals surface area contributed by atoms with Crippen LogP contribution in [-0.4, -0.2) is 12.2 Å². The molecule has 0 aliphatic carbocycles. The highest BCUT2D eigenvalue weighted by molar-refractivity contribution is 6.32. The smallest absolute Gasteiger partial charge is 0.151 e. The van der Waals surface area contributed by atoms with Crippen LogP contribution in [0.2, 0.25) is 5.02 Å². The van der Waals surface area contributed by atoms with E-state index < -0.39 is 0 Å². The maximum absolute atomic E-state index is 9.26. The van der Waals surface area contributed by atoms with Crippen molar-refractivity contribution in [2.75, 3.05) is 7.11 Å². The molecule has 94 valence electrons. The van der Waals surface area contributed by atoms with E-state index in [2.05, 4.69) is 0 Å². The zero-order valence-electron chi connectivity index (χ0n) is 9.89. The minimum absolute atomic E-state index is 0.125. The molecule has 4 heteroatoms. The summed E-state index contributed by atoms with van der Waals surface area (Å²) < 4.78 is 10.8. The van der Waals surface area contributed by atoms with Crippen LogP contribution in [0.1, 0.15) is 5.56 Å². The van der Waals surface area contributed by atoms with Crippen molar-refractivity contribution in [1.29, 1.82) is 0 Å². The first-order chi connectivity index (χ1) is 8.74. The summed E-state index contributed by atoms with van der Waals surface area (Å²) in [5.41, 5.74) is 0.644. The number of para-hydroxylation sites is 1. The van der Waals surface area contributed by atoms with Gasteiger partial charge in [0, 0.05) is 11.6 Å². The first-order valence-corrected chi connectivity index (χ1v) is 5.82. The minimum atomic E-state index is -0.125. The Labute approximate surface area is 111 Å². The van der Waals surface area contributed by atoms with E-state index in [4.69, 9.17) is 21.1 Å². The average molecular weight is 265 g/mol. The zero-order chi connectivity index (χ0) is 13.0. The van der Waals surface area contributed by atoms with Gasteiger partial charge < -0.3 is 14.6 Å². The molecule has 0 bridgehead atoms. The Bertz CT molecular complexity index is 540. The van der Waals surface area contributed by atoms with E-state index in [0.29, 0.717) is 27.8 Å². The molecule has 0 atom stereocenters. The molecule has 2 rings (SSSR count). The number of halogens is 1. The van der Waals surface area contributed by atoms with E-state index in [-0.39, 0.29) is 6.61 Å². The number of aliphatic hydroxyl groups excluding tert-OH is 1. The number of methoxy groups -OCH3 is 1. The van der Waals surface area contributed by atoms with Crippen LogP contribution in [0.4, 0.5) is 0 Å². The van der Waals surface area contributed by atoms with Gasteiger partial charge in [-0.15, -0.1) is 0 Å². The van der Waals surface area contributed by atoms with Gasteiger partial charge in [0.15, 0.2) is 5.75 Å². The molecule has 0 heterocycles.